The van der Waals surface area contributed by atoms with Gasteiger partial charge in [-0.2, -0.15) is 0 Å². The Labute approximate surface area is 105 Å². The largest absolute Gasteiger partial charge is 0.478 e. The predicted octanol–water partition coefficient (Wildman–Crippen LogP) is 2.67. The first-order valence-electron chi connectivity index (χ1n) is 6.21. The molecule has 18 heavy (non-hydrogen) atoms. The van der Waals surface area contributed by atoms with Crippen LogP contribution in [0.15, 0.2) is 34.4 Å². The van der Waals surface area contributed by atoms with Crippen molar-refractivity contribution < 1.29 is 19.8 Å². The van der Waals surface area contributed by atoms with Crippen molar-refractivity contribution >= 4 is 11.9 Å². The maximum atomic E-state index is 11.4. The fourth-order valence-electron chi connectivity index (χ4n) is 2.61. The molecular formula is C14H16O4. The molecule has 0 aliphatic heterocycles. The summed E-state index contributed by atoms with van der Waals surface area (Å²) in [5.74, 6) is -2.26. The first-order chi connectivity index (χ1) is 8.61. The van der Waals surface area contributed by atoms with Crippen molar-refractivity contribution in [1.29, 1.82) is 0 Å². The molecule has 0 saturated carbocycles. The second kappa shape index (κ2) is 5.21. The van der Waals surface area contributed by atoms with Gasteiger partial charge in [0.15, 0.2) is 0 Å². The Hall–Kier alpha value is -1.84. The second-order valence-corrected chi connectivity index (χ2v) is 4.60. The van der Waals surface area contributed by atoms with Gasteiger partial charge in [-0.25, -0.2) is 9.59 Å². The van der Waals surface area contributed by atoms with Crippen molar-refractivity contribution in [2.45, 2.75) is 38.5 Å². The van der Waals surface area contributed by atoms with Crippen molar-refractivity contribution in [3.63, 3.8) is 0 Å². The SMILES string of the molecule is O=C(O)/C(C1=CCCC1)=C(\C(=O)O)C1=CCCC1. The zero-order valence-corrected chi connectivity index (χ0v) is 10.1. The van der Waals surface area contributed by atoms with E-state index in [1.54, 1.807) is 0 Å². The average Bonchev–Trinajstić information content (AvgIpc) is 2.97. The standard InChI is InChI=1S/C14H16O4/c15-13(16)11(9-5-1-2-6-9)12(14(17)18)10-7-3-4-8-10/h5,7H,1-4,6,8H2,(H,15,16)(H,17,18)/b12-11-. The molecule has 0 bridgehead atoms. The molecule has 2 aliphatic rings. The fraction of sp³-hybridized carbons (Fsp3) is 0.429. The molecule has 0 fully saturated rings. The molecule has 0 amide bonds. The summed E-state index contributed by atoms with van der Waals surface area (Å²) in [5.41, 5.74) is 1.33. The van der Waals surface area contributed by atoms with Gasteiger partial charge in [0.2, 0.25) is 0 Å². The fourth-order valence-corrected chi connectivity index (χ4v) is 2.61. The zero-order valence-electron chi connectivity index (χ0n) is 10.1. The molecule has 96 valence electrons. The third-order valence-corrected chi connectivity index (χ3v) is 3.40. The zero-order chi connectivity index (χ0) is 13.1. The molecule has 0 atom stereocenters. The van der Waals surface area contributed by atoms with Crippen molar-refractivity contribution in [1.82, 2.24) is 0 Å². The van der Waals surface area contributed by atoms with Crippen LogP contribution >= 0.6 is 0 Å². The van der Waals surface area contributed by atoms with Gasteiger partial charge in [0.1, 0.15) is 0 Å². The molecule has 4 nitrogen and oxygen atoms in total. The molecule has 2 aliphatic carbocycles. The van der Waals surface area contributed by atoms with Crippen molar-refractivity contribution in [3.05, 3.63) is 34.4 Å². The number of carbonyl (C=O) groups is 2. The van der Waals surface area contributed by atoms with Gasteiger partial charge in [-0.15, -0.1) is 0 Å². The maximum absolute atomic E-state index is 11.4. The smallest absolute Gasteiger partial charge is 0.336 e. The quantitative estimate of drug-likeness (QED) is 0.750. The highest BCUT2D eigenvalue weighted by Crippen LogP contribution is 2.33. The molecule has 0 unspecified atom stereocenters. The summed E-state index contributed by atoms with van der Waals surface area (Å²) in [5, 5.41) is 18.6. The topological polar surface area (TPSA) is 74.6 Å². The van der Waals surface area contributed by atoms with Crippen LogP contribution < -0.4 is 0 Å². The van der Waals surface area contributed by atoms with Crippen molar-refractivity contribution in [3.8, 4) is 0 Å². The number of allylic oxidation sites excluding steroid dienone is 2. The Bertz CT molecular complexity index is 436. The van der Waals surface area contributed by atoms with Crippen molar-refractivity contribution in [2.75, 3.05) is 0 Å². The highest BCUT2D eigenvalue weighted by atomic mass is 16.4. The van der Waals surface area contributed by atoms with Gasteiger partial charge in [-0.05, 0) is 49.7 Å². The highest BCUT2D eigenvalue weighted by molar-refractivity contribution is 6.05. The summed E-state index contributed by atoms with van der Waals surface area (Å²) in [6.07, 6.45) is 8.48. The molecule has 0 heterocycles. The van der Waals surface area contributed by atoms with E-state index in [-0.39, 0.29) is 11.1 Å². The summed E-state index contributed by atoms with van der Waals surface area (Å²) in [7, 11) is 0. The molecule has 0 spiro atoms. The van der Waals surface area contributed by atoms with Crippen LogP contribution in [0.5, 0.6) is 0 Å². The van der Waals surface area contributed by atoms with E-state index in [1.807, 2.05) is 12.2 Å². The van der Waals surface area contributed by atoms with Gasteiger partial charge in [-0.1, -0.05) is 12.2 Å². The lowest BCUT2D eigenvalue weighted by Crippen LogP contribution is -2.14. The average molecular weight is 248 g/mol. The van der Waals surface area contributed by atoms with E-state index in [2.05, 4.69) is 0 Å². The first-order valence-corrected chi connectivity index (χ1v) is 6.21. The molecule has 4 heteroatoms. The lowest BCUT2D eigenvalue weighted by molar-refractivity contribution is -0.135. The van der Waals surface area contributed by atoms with Crippen LogP contribution in [0.2, 0.25) is 0 Å². The minimum atomic E-state index is -1.13. The van der Waals surface area contributed by atoms with E-state index in [0.717, 1.165) is 25.7 Å². The molecule has 0 radical (unpaired) electrons. The normalized spacial score (nSPS) is 20.2. The summed E-state index contributed by atoms with van der Waals surface area (Å²) >= 11 is 0. The number of carboxylic acid groups (broad SMARTS) is 2. The van der Waals surface area contributed by atoms with Gasteiger partial charge in [0, 0.05) is 0 Å². The molecule has 0 saturated heterocycles. The van der Waals surface area contributed by atoms with Crippen LogP contribution in [0.3, 0.4) is 0 Å². The second-order valence-electron chi connectivity index (χ2n) is 4.60. The highest BCUT2D eigenvalue weighted by Gasteiger charge is 2.28. The van der Waals surface area contributed by atoms with Gasteiger partial charge in [0.05, 0.1) is 11.1 Å². The first kappa shape index (κ1) is 12.6. The minimum absolute atomic E-state index is 0.00634. The molecule has 0 aromatic heterocycles. The van der Waals surface area contributed by atoms with E-state index in [1.165, 1.54) is 0 Å². The number of carboxylic acids is 2. The lowest BCUT2D eigenvalue weighted by Gasteiger charge is -2.11. The van der Waals surface area contributed by atoms with E-state index >= 15 is 0 Å². The molecule has 0 aromatic rings. The van der Waals surface area contributed by atoms with Gasteiger partial charge in [-0.3, -0.25) is 0 Å². The van der Waals surface area contributed by atoms with Gasteiger partial charge in [0.25, 0.3) is 0 Å². The molecule has 2 rings (SSSR count). The number of hydrogen-bond acceptors (Lipinski definition) is 2. The monoisotopic (exact) mass is 248 g/mol. The summed E-state index contributed by atoms with van der Waals surface area (Å²) in [6, 6.07) is 0. The van der Waals surface area contributed by atoms with E-state index in [9.17, 15) is 19.8 Å². The van der Waals surface area contributed by atoms with Crippen LogP contribution in [0.1, 0.15) is 38.5 Å². The van der Waals surface area contributed by atoms with E-state index in [4.69, 9.17) is 0 Å². The summed E-state index contributed by atoms with van der Waals surface area (Å²) in [6.45, 7) is 0. The van der Waals surface area contributed by atoms with Crippen LogP contribution in [-0.2, 0) is 9.59 Å². The van der Waals surface area contributed by atoms with Gasteiger partial charge >= 0.3 is 11.9 Å². The Balaban J connectivity index is 2.53. The summed E-state index contributed by atoms with van der Waals surface area (Å²) in [4.78, 5) is 22.8. The lowest BCUT2D eigenvalue weighted by atomic mass is 9.93. The van der Waals surface area contributed by atoms with E-state index in [0.29, 0.717) is 24.0 Å². The Morgan fingerprint density at radius 2 is 1.22 bits per heavy atom. The number of aliphatic carboxylic acids is 2. The predicted molar refractivity (Wildman–Crippen MR) is 66.2 cm³/mol. The molecule has 2 N–H and O–H groups in total. The van der Waals surface area contributed by atoms with Gasteiger partial charge < -0.3 is 10.2 Å². The molecular weight excluding hydrogens is 232 g/mol. The number of hydrogen-bond donors (Lipinski definition) is 2. The van der Waals surface area contributed by atoms with E-state index < -0.39 is 11.9 Å². The van der Waals surface area contributed by atoms with Crippen LogP contribution in [-0.4, -0.2) is 22.2 Å². The van der Waals surface area contributed by atoms with Crippen LogP contribution in [0.25, 0.3) is 0 Å². The molecule has 0 aromatic carbocycles. The Morgan fingerprint density at radius 1 is 0.833 bits per heavy atom. The van der Waals surface area contributed by atoms with Crippen LogP contribution in [0, 0.1) is 0 Å². The third kappa shape index (κ3) is 2.37. The van der Waals surface area contributed by atoms with Crippen LogP contribution in [0.4, 0.5) is 0 Å². The van der Waals surface area contributed by atoms with Crippen molar-refractivity contribution in [2.24, 2.45) is 0 Å². The Morgan fingerprint density at radius 3 is 1.44 bits per heavy atom. The minimum Gasteiger partial charge on any atom is -0.478 e. The summed E-state index contributed by atoms with van der Waals surface area (Å²) < 4.78 is 0. The Kier molecular flexibility index (Phi) is 3.65. The maximum Gasteiger partial charge on any atom is 0.336 e. The third-order valence-electron chi connectivity index (χ3n) is 3.40. The number of rotatable bonds is 4.